The van der Waals surface area contributed by atoms with Gasteiger partial charge in [-0.1, -0.05) is 42.5 Å². The lowest BCUT2D eigenvalue weighted by Crippen LogP contribution is -2.24. The second-order valence-corrected chi connectivity index (χ2v) is 4.61. The van der Waals surface area contributed by atoms with Gasteiger partial charge >= 0.3 is 6.09 Å². The third-order valence-electron chi connectivity index (χ3n) is 2.91. The summed E-state index contributed by atoms with van der Waals surface area (Å²) in [6, 6.07) is 9.51. The van der Waals surface area contributed by atoms with Crippen LogP contribution in [-0.4, -0.2) is 22.6 Å². The van der Waals surface area contributed by atoms with Gasteiger partial charge in [0.2, 0.25) is 5.95 Å². The predicted octanol–water partition coefficient (Wildman–Crippen LogP) is 2.31. The predicted molar refractivity (Wildman–Crippen MR) is 84.8 cm³/mol. The molecule has 1 amide bonds. The van der Waals surface area contributed by atoms with Crippen LogP contribution in [0, 0.1) is 6.92 Å². The minimum atomic E-state index is -0.459. The van der Waals surface area contributed by atoms with Crippen LogP contribution in [-0.2, 0) is 11.3 Å². The van der Waals surface area contributed by atoms with Gasteiger partial charge in [-0.25, -0.2) is 14.8 Å². The molecule has 1 heterocycles. The number of carbonyl (C=O) groups is 1. The van der Waals surface area contributed by atoms with E-state index < -0.39 is 6.09 Å². The van der Waals surface area contributed by atoms with Crippen LogP contribution in [0.2, 0.25) is 0 Å². The number of aryl methyl sites for hydroxylation is 1. The Kier molecular flexibility index (Phi) is 5.48. The Hall–Kier alpha value is -2.89. The van der Waals surface area contributed by atoms with Crippen molar-refractivity contribution in [3.8, 4) is 0 Å². The van der Waals surface area contributed by atoms with E-state index >= 15 is 0 Å². The van der Waals surface area contributed by atoms with Crippen molar-refractivity contribution in [1.82, 2.24) is 15.3 Å². The number of benzene rings is 1. The molecule has 0 saturated heterocycles. The summed E-state index contributed by atoms with van der Waals surface area (Å²) in [5.41, 5.74) is 8.07. The highest BCUT2D eigenvalue weighted by molar-refractivity contribution is 5.67. The van der Waals surface area contributed by atoms with E-state index in [1.807, 2.05) is 43.3 Å². The lowest BCUT2D eigenvalue weighted by molar-refractivity contribution is 0.141. The quantitative estimate of drug-likeness (QED) is 0.884. The van der Waals surface area contributed by atoms with Gasteiger partial charge < -0.3 is 15.8 Å². The Balaban J connectivity index is 1.73. The molecule has 1 aromatic heterocycles. The van der Waals surface area contributed by atoms with Crippen molar-refractivity contribution >= 4 is 18.1 Å². The molecule has 6 nitrogen and oxygen atoms in total. The maximum absolute atomic E-state index is 11.5. The molecule has 0 atom stereocenters. The molecule has 0 radical (unpaired) electrons. The lowest BCUT2D eigenvalue weighted by Gasteiger charge is -2.05. The summed E-state index contributed by atoms with van der Waals surface area (Å²) >= 11 is 0. The summed E-state index contributed by atoms with van der Waals surface area (Å²) in [7, 11) is 0. The third kappa shape index (κ3) is 4.90. The van der Waals surface area contributed by atoms with Gasteiger partial charge in [0.15, 0.2) is 0 Å². The highest BCUT2D eigenvalue weighted by Crippen LogP contribution is 2.06. The maximum atomic E-state index is 11.5. The number of amides is 1. The molecular weight excluding hydrogens is 280 g/mol. The van der Waals surface area contributed by atoms with Crippen molar-refractivity contribution in [2.24, 2.45) is 0 Å². The van der Waals surface area contributed by atoms with Crippen LogP contribution in [0.5, 0.6) is 0 Å². The zero-order chi connectivity index (χ0) is 15.8. The van der Waals surface area contributed by atoms with Gasteiger partial charge in [0, 0.05) is 18.3 Å². The Bertz CT molecular complexity index is 656. The van der Waals surface area contributed by atoms with Crippen LogP contribution in [0.25, 0.3) is 6.08 Å². The molecule has 0 aliphatic heterocycles. The number of carbonyl (C=O) groups excluding carboxylic acids is 1. The van der Waals surface area contributed by atoms with Gasteiger partial charge in [-0.05, 0) is 12.5 Å². The third-order valence-corrected chi connectivity index (χ3v) is 2.91. The zero-order valence-corrected chi connectivity index (χ0v) is 12.3. The fourth-order valence-corrected chi connectivity index (χ4v) is 1.76. The van der Waals surface area contributed by atoms with Crippen LogP contribution >= 0.6 is 0 Å². The van der Waals surface area contributed by atoms with Crippen molar-refractivity contribution < 1.29 is 9.53 Å². The smallest absolute Gasteiger partial charge is 0.407 e. The molecule has 2 rings (SSSR count). The largest absolute Gasteiger partial charge is 0.445 e. The Morgan fingerprint density at radius 1 is 1.36 bits per heavy atom. The fraction of sp³-hybridized carbons (Fsp3) is 0.188. The first-order valence-electron chi connectivity index (χ1n) is 6.85. The number of nitrogens with two attached hydrogens (primary N) is 1. The number of hydrogen-bond donors (Lipinski definition) is 2. The number of alkyl carbamates (subject to hydrolysis) is 1. The van der Waals surface area contributed by atoms with E-state index in [2.05, 4.69) is 15.3 Å². The van der Waals surface area contributed by atoms with Crippen molar-refractivity contribution in [2.45, 2.75) is 13.5 Å². The standard InChI is InChI=1S/C16H18N4O2/c1-12-14(10-19-15(17)20-12)8-5-9-18-16(21)22-11-13-6-3-2-4-7-13/h2-8,10H,9,11H2,1H3,(H,18,21)(H2,17,19,20). The summed E-state index contributed by atoms with van der Waals surface area (Å²) in [5, 5.41) is 2.64. The average molecular weight is 298 g/mol. The molecule has 3 N–H and O–H groups in total. The summed E-state index contributed by atoms with van der Waals surface area (Å²) in [6.45, 7) is 2.46. The first-order valence-corrected chi connectivity index (χ1v) is 6.85. The van der Waals surface area contributed by atoms with Gasteiger partial charge in [0.05, 0.1) is 5.69 Å². The van der Waals surface area contributed by atoms with E-state index in [1.165, 1.54) is 0 Å². The van der Waals surface area contributed by atoms with Gasteiger partial charge in [-0.2, -0.15) is 0 Å². The van der Waals surface area contributed by atoms with E-state index in [1.54, 1.807) is 12.3 Å². The number of anilines is 1. The molecule has 1 aromatic carbocycles. The number of ether oxygens (including phenoxy) is 1. The van der Waals surface area contributed by atoms with Crippen molar-refractivity contribution in [1.29, 1.82) is 0 Å². The average Bonchev–Trinajstić information content (AvgIpc) is 2.52. The number of hydrogen-bond acceptors (Lipinski definition) is 5. The highest BCUT2D eigenvalue weighted by Gasteiger charge is 2.01. The molecule has 6 heteroatoms. The fourth-order valence-electron chi connectivity index (χ4n) is 1.76. The van der Waals surface area contributed by atoms with Crippen LogP contribution in [0.1, 0.15) is 16.8 Å². The van der Waals surface area contributed by atoms with Gasteiger partial charge in [-0.15, -0.1) is 0 Å². The van der Waals surface area contributed by atoms with Gasteiger partial charge in [0.25, 0.3) is 0 Å². The number of aromatic nitrogens is 2. The van der Waals surface area contributed by atoms with E-state index in [0.29, 0.717) is 6.54 Å². The SMILES string of the molecule is Cc1nc(N)ncc1C=CCNC(=O)OCc1ccccc1. The second-order valence-electron chi connectivity index (χ2n) is 4.61. The second kappa shape index (κ2) is 7.78. The lowest BCUT2D eigenvalue weighted by atomic mass is 10.2. The maximum Gasteiger partial charge on any atom is 0.407 e. The summed E-state index contributed by atoms with van der Waals surface area (Å²) in [5.74, 6) is 0.247. The van der Waals surface area contributed by atoms with Crippen molar-refractivity contribution in [3.63, 3.8) is 0 Å². The molecule has 2 aromatic rings. The Morgan fingerprint density at radius 2 is 2.14 bits per heavy atom. The van der Waals surface area contributed by atoms with Gasteiger partial charge in [0.1, 0.15) is 6.61 Å². The van der Waals surface area contributed by atoms with E-state index in [0.717, 1.165) is 16.8 Å². The minimum Gasteiger partial charge on any atom is -0.445 e. The van der Waals surface area contributed by atoms with E-state index in [4.69, 9.17) is 10.5 Å². The molecule has 0 bridgehead atoms. The van der Waals surface area contributed by atoms with Gasteiger partial charge in [-0.3, -0.25) is 0 Å². The summed E-state index contributed by atoms with van der Waals surface area (Å²) < 4.78 is 5.09. The topological polar surface area (TPSA) is 90.1 Å². The number of nitrogens with one attached hydrogen (secondary N) is 1. The van der Waals surface area contributed by atoms with Crippen molar-refractivity contribution in [2.75, 3.05) is 12.3 Å². The number of nitrogen functional groups attached to an aromatic ring is 1. The number of nitrogens with zero attached hydrogens (tertiary/aromatic N) is 2. The first kappa shape index (κ1) is 15.5. The summed E-state index contributed by atoms with van der Waals surface area (Å²) in [6.07, 6.45) is 4.80. The first-order chi connectivity index (χ1) is 10.6. The van der Waals surface area contributed by atoms with Crippen LogP contribution < -0.4 is 11.1 Å². The van der Waals surface area contributed by atoms with E-state index in [-0.39, 0.29) is 12.6 Å². The van der Waals surface area contributed by atoms with Crippen molar-refractivity contribution in [3.05, 3.63) is 59.4 Å². The number of rotatable bonds is 5. The minimum absolute atomic E-state index is 0.247. The van der Waals surface area contributed by atoms with E-state index in [9.17, 15) is 4.79 Å². The molecular formula is C16H18N4O2. The molecule has 0 aliphatic rings. The molecule has 0 aliphatic carbocycles. The van der Waals surface area contributed by atoms with Crippen LogP contribution in [0.4, 0.5) is 10.7 Å². The molecule has 0 spiro atoms. The zero-order valence-electron chi connectivity index (χ0n) is 12.3. The van der Waals surface area contributed by atoms with Crippen LogP contribution in [0.15, 0.2) is 42.6 Å². The van der Waals surface area contributed by atoms with Crippen LogP contribution in [0.3, 0.4) is 0 Å². The Morgan fingerprint density at radius 3 is 2.86 bits per heavy atom. The monoisotopic (exact) mass is 298 g/mol. The molecule has 22 heavy (non-hydrogen) atoms. The normalized spacial score (nSPS) is 10.6. The highest BCUT2D eigenvalue weighted by atomic mass is 16.5. The molecule has 0 fully saturated rings. The molecule has 0 saturated carbocycles. The molecule has 0 unspecified atom stereocenters. The summed E-state index contributed by atoms with van der Waals surface area (Å²) in [4.78, 5) is 19.5. The Labute approximate surface area is 129 Å². The molecule has 114 valence electrons.